The van der Waals surface area contributed by atoms with Crippen LogP contribution in [0.4, 0.5) is 0 Å². The zero-order valence-electron chi connectivity index (χ0n) is 18.0. The zero-order chi connectivity index (χ0) is 21.5. The monoisotopic (exact) mass is 426 g/mol. The molecule has 6 heteroatoms. The number of allylic oxidation sites excluding steroid dienone is 3. The Morgan fingerprint density at radius 3 is 2.77 bits per heavy atom. The third-order valence-corrected chi connectivity index (χ3v) is 5.97. The van der Waals surface area contributed by atoms with Crippen molar-refractivity contribution < 1.29 is 14.6 Å². The number of aromatic nitrogens is 2. The summed E-state index contributed by atoms with van der Waals surface area (Å²) < 4.78 is 11.3. The van der Waals surface area contributed by atoms with Crippen LogP contribution < -0.4 is 0 Å². The molecule has 1 aromatic heterocycles. The van der Waals surface area contributed by atoms with E-state index >= 15 is 0 Å². The van der Waals surface area contributed by atoms with Crippen LogP contribution in [0.15, 0.2) is 48.4 Å². The lowest BCUT2D eigenvalue weighted by molar-refractivity contribution is 0.158. The van der Waals surface area contributed by atoms with Crippen LogP contribution in [-0.2, 0) is 22.3 Å². The van der Waals surface area contributed by atoms with E-state index in [1.807, 2.05) is 26.0 Å². The normalized spacial score (nSPS) is 16.9. The minimum absolute atomic E-state index is 0.252. The van der Waals surface area contributed by atoms with Crippen LogP contribution in [-0.4, -0.2) is 34.6 Å². The summed E-state index contributed by atoms with van der Waals surface area (Å²) in [5.74, 6) is 1.13. The van der Waals surface area contributed by atoms with E-state index in [-0.39, 0.29) is 6.10 Å². The van der Waals surface area contributed by atoms with Gasteiger partial charge in [0.25, 0.3) is 0 Å². The lowest BCUT2D eigenvalue weighted by Crippen LogP contribution is -2.19. The van der Waals surface area contributed by atoms with Crippen molar-refractivity contribution in [3.8, 4) is 10.6 Å². The average molecular weight is 427 g/mol. The van der Waals surface area contributed by atoms with Crippen molar-refractivity contribution in [1.29, 1.82) is 0 Å². The van der Waals surface area contributed by atoms with Gasteiger partial charge in [-0.25, -0.2) is 0 Å². The van der Waals surface area contributed by atoms with E-state index in [1.165, 1.54) is 11.1 Å². The Kier molecular flexibility index (Phi) is 7.82. The number of nitrogens with zero attached hydrogens (tertiary/aromatic N) is 2. The maximum Gasteiger partial charge on any atom is 0.161 e. The van der Waals surface area contributed by atoms with E-state index in [0.717, 1.165) is 40.4 Å². The molecule has 30 heavy (non-hydrogen) atoms. The van der Waals surface area contributed by atoms with Gasteiger partial charge in [-0.2, -0.15) is 0 Å². The summed E-state index contributed by atoms with van der Waals surface area (Å²) in [5, 5.41) is 20.7. The molecule has 0 amide bonds. The van der Waals surface area contributed by atoms with Crippen molar-refractivity contribution in [3.63, 3.8) is 0 Å². The molecular weight excluding hydrogens is 396 g/mol. The maximum atomic E-state index is 10.00. The number of aliphatic hydroxyl groups excluding tert-OH is 1. The SMILES string of the molecule is C=C(OCC)C(=CC(=CCC)c1nnc(-c2cccc3c2CCC(O)C3)s1)OCC. The van der Waals surface area contributed by atoms with Gasteiger partial charge in [-0.15, -0.1) is 10.2 Å². The Bertz CT molecular complexity index is 946. The van der Waals surface area contributed by atoms with Gasteiger partial charge >= 0.3 is 0 Å². The Labute approximate surface area is 182 Å². The average Bonchev–Trinajstić information content (AvgIpc) is 3.22. The fraction of sp³-hybridized carbons (Fsp3) is 0.417. The van der Waals surface area contributed by atoms with Gasteiger partial charge in [0.15, 0.2) is 11.5 Å². The molecule has 0 radical (unpaired) electrons. The quantitative estimate of drug-likeness (QED) is 0.434. The van der Waals surface area contributed by atoms with Gasteiger partial charge in [-0.1, -0.05) is 49.1 Å². The Balaban J connectivity index is 1.95. The highest BCUT2D eigenvalue weighted by molar-refractivity contribution is 7.15. The molecule has 160 valence electrons. The first-order valence-electron chi connectivity index (χ1n) is 10.6. The van der Waals surface area contributed by atoms with Gasteiger partial charge in [0.2, 0.25) is 0 Å². The topological polar surface area (TPSA) is 64.5 Å². The molecule has 1 aliphatic rings. The Morgan fingerprint density at radius 1 is 1.23 bits per heavy atom. The molecule has 3 rings (SSSR count). The van der Waals surface area contributed by atoms with Gasteiger partial charge in [-0.05, 0) is 56.7 Å². The summed E-state index contributed by atoms with van der Waals surface area (Å²) >= 11 is 1.57. The molecule has 0 aliphatic heterocycles. The number of benzene rings is 1. The molecule has 0 saturated carbocycles. The summed E-state index contributed by atoms with van der Waals surface area (Å²) in [6, 6.07) is 6.24. The van der Waals surface area contributed by atoms with Gasteiger partial charge in [0, 0.05) is 11.1 Å². The largest absolute Gasteiger partial charge is 0.491 e. The molecule has 1 unspecified atom stereocenters. The lowest BCUT2D eigenvalue weighted by Gasteiger charge is -2.22. The summed E-state index contributed by atoms with van der Waals surface area (Å²) in [7, 11) is 0. The van der Waals surface area contributed by atoms with Crippen molar-refractivity contribution in [2.45, 2.75) is 52.6 Å². The highest BCUT2D eigenvalue weighted by Crippen LogP contribution is 2.35. The molecule has 0 spiro atoms. The number of aliphatic hydroxyl groups is 1. The second-order valence-corrected chi connectivity index (χ2v) is 8.10. The molecular formula is C24H30N2O3S. The highest BCUT2D eigenvalue weighted by atomic mass is 32.1. The molecule has 0 bridgehead atoms. The van der Waals surface area contributed by atoms with Crippen LogP contribution in [0.5, 0.6) is 0 Å². The molecule has 1 heterocycles. The van der Waals surface area contributed by atoms with E-state index in [9.17, 15) is 5.11 Å². The van der Waals surface area contributed by atoms with Crippen LogP contribution in [0, 0.1) is 0 Å². The van der Waals surface area contributed by atoms with Crippen molar-refractivity contribution in [1.82, 2.24) is 10.2 Å². The number of rotatable bonds is 9. The van der Waals surface area contributed by atoms with Gasteiger partial charge in [-0.3, -0.25) is 0 Å². The first-order valence-corrected chi connectivity index (χ1v) is 11.4. The molecule has 2 aromatic rings. The summed E-state index contributed by atoms with van der Waals surface area (Å²) in [6.45, 7) is 11.0. The van der Waals surface area contributed by atoms with Gasteiger partial charge in [0.05, 0.1) is 19.3 Å². The smallest absolute Gasteiger partial charge is 0.161 e. The fourth-order valence-electron chi connectivity index (χ4n) is 3.61. The molecule has 1 aromatic carbocycles. The van der Waals surface area contributed by atoms with Crippen LogP contribution in [0.25, 0.3) is 16.1 Å². The van der Waals surface area contributed by atoms with E-state index in [4.69, 9.17) is 9.47 Å². The van der Waals surface area contributed by atoms with Gasteiger partial charge < -0.3 is 14.6 Å². The predicted octanol–water partition coefficient (Wildman–Crippen LogP) is 5.32. The van der Waals surface area contributed by atoms with E-state index in [2.05, 4.69) is 41.9 Å². The third kappa shape index (κ3) is 5.18. The molecule has 1 N–H and O–H groups in total. The number of fused-ring (bicyclic) bond motifs is 1. The molecule has 1 aliphatic carbocycles. The minimum atomic E-state index is -0.252. The fourth-order valence-corrected chi connectivity index (χ4v) is 4.52. The van der Waals surface area contributed by atoms with E-state index in [0.29, 0.717) is 31.2 Å². The standard InChI is InChI=1S/C24H30N2O3S/c1-5-9-18(15-22(29-7-3)16(4)28-6-2)23-25-26-24(30-23)21-11-8-10-17-14-19(27)12-13-20(17)21/h8-11,15,19,27H,4-7,12-14H2,1-3H3. The molecule has 0 fully saturated rings. The van der Waals surface area contributed by atoms with Crippen molar-refractivity contribution in [3.05, 3.63) is 64.6 Å². The Morgan fingerprint density at radius 2 is 2.03 bits per heavy atom. The summed E-state index contributed by atoms with van der Waals surface area (Å²) in [4.78, 5) is 0. The maximum absolute atomic E-state index is 10.00. The van der Waals surface area contributed by atoms with E-state index in [1.54, 1.807) is 11.3 Å². The predicted molar refractivity (Wildman–Crippen MR) is 122 cm³/mol. The lowest BCUT2D eigenvalue weighted by atomic mass is 9.87. The molecule has 5 nitrogen and oxygen atoms in total. The minimum Gasteiger partial charge on any atom is -0.491 e. The zero-order valence-corrected chi connectivity index (χ0v) is 18.8. The Hall–Kier alpha value is -2.44. The van der Waals surface area contributed by atoms with Crippen molar-refractivity contribution in [2.24, 2.45) is 0 Å². The second-order valence-electron chi connectivity index (χ2n) is 7.12. The van der Waals surface area contributed by atoms with Crippen molar-refractivity contribution >= 4 is 16.9 Å². The third-order valence-electron chi connectivity index (χ3n) is 4.96. The first-order chi connectivity index (χ1) is 14.6. The van der Waals surface area contributed by atoms with E-state index < -0.39 is 0 Å². The van der Waals surface area contributed by atoms with Crippen molar-refractivity contribution in [2.75, 3.05) is 13.2 Å². The summed E-state index contributed by atoms with van der Waals surface area (Å²) in [5.41, 5.74) is 4.55. The number of hydrogen-bond acceptors (Lipinski definition) is 6. The number of ether oxygens (including phenoxy) is 2. The highest BCUT2D eigenvalue weighted by Gasteiger charge is 2.21. The van der Waals surface area contributed by atoms with Gasteiger partial charge in [0.1, 0.15) is 10.0 Å². The molecule has 1 atom stereocenters. The van der Waals surface area contributed by atoms with Crippen LogP contribution in [0.3, 0.4) is 0 Å². The summed E-state index contributed by atoms with van der Waals surface area (Å²) in [6.07, 6.45) is 7.01. The second kappa shape index (κ2) is 10.5. The van der Waals surface area contributed by atoms with Crippen LogP contribution >= 0.6 is 11.3 Å². The molecule has 0 saturated heterocycles. The van der Waals surface area contributed by atoms with Crippen LogP contribution in [0.2, 0.25) is 0 Å². The first kappa shape index (κ1) is 22.2. The number of hydrogen-bond donors (Lipinski definition) is 1. The van der Waals surface area contributed by atoms with Crippen LogP contribution in [0.1, 0.15) is 49.7 Å².